The Labute approximate surface area is 462 Å². The summed E-state index contributed by atoms with van der Waals surface area (Å²) in [5.74, 6) is -1.56. The number of phosphoric ester groups is 1. The number of ether oxygens (including phenoxy) is 3. The number of esters is 3. The molecular formula is C64H105O11P. The molecule has 0 saturated heterocycles. The number of allylic oxidation sites excluding steroid dienone is 20. The third-order valence-electron chi connectivity index (χ3n) is 11.8. The van der Waals surface area contributed by atoms with Crippen LogP contribution >= 0.6 is 7.82 Å². The van der Waals surface area contributed by atoms with Crippen molar-refractivity contribution in [2.24, 2.45) is 0 Å². The molecule has 0 aromatic rings. The number of hydrogen-bond acceptors (Lipinski definition) is 10. The summed E-state index contributed by atoms with van der Waals surface area (Å²) in [5.41, 5.74) is 0. The standard InChI is InChI=1S/C64H105O11P/c1-4-7-10-13-16-19-22-25-28-30-33-35-38-41-44-47-50-53-62(66)71-57-61(75-64(68)55-52-49-46-43-40-37-34-31-29-26-23-20-17-14-11-8-5-2)59-73-76(69,70)72-58-60(56-65)74-63(67)54-51-48-45-42-39-36-32-27-24-21-18-15-12-9-6-3/h7,9-10,12,16-21,25-29,32-33,35,39,42,60-61,65H,4-6,8,11,13-15,22-24,30-31,34,36-38,40-41,43-59H2,1-3H3,(H,69,70)/b10-7-,12-9-,19-16-,20-17-,21-18-,28-25-,29-26-,32-27-,35-33-,42-39-. The predicted molar refractivity (Wildman–Crippen MR) is 316 cm³/mol. The van der Waals surface area contributed by atoms with Gasteiger partial charge in [-0.15, -0.1) is 0 Å². The minimum absolute atomic E-state index is 0.117. The second kappa shape index (κ2) is 57.1. The summed E-state index contributed by atoms with van der Waals surface area (Å²) < 4.78 is 39.5. The van der Waals surface area contributed by atoms with Gasteiger partial charge in [0.05, 0.1) is 19.8 Å². The van der Waals surface area contributed by atoms with Crippen molar-refractivity contribution in [2.45, 2.75) is 238 Å². The Morgan fingerprint density at radius 1 is 0.382 bits per heavy atom. The van der Waals surface area contributed by atoms with Gasteiger partial charge in [-0.1, -0.05) is 200 Å². The normalized spacial score (nSPS) is 14.2. The molecule has 0 aromatic heterocycles. The quantitative estimate of drug-likeness (QED) is 0.0197. The lowest BCUT2D eigenvalue weighted by molar-refractivity contribution is -0.161. The summed E-state index contributed by atoms with van der Waals surface area (Å²) in [6.45, 7) is 4.30. The van der Waals surface area contributed by atoms with Crippen molar-refractivity contribution in [2.75, 3.05) is 26.4 Å². The summed E-state index contributed by atoms with van der Waals surface area (Å²) in [6, 6.07) is 0. The maximum atomic E-state index is 12.9. The van der Waals surface area contributed by atoms with Gasteiger partial charge in [0.2, 0.25) is 0 Å². The van der Waals surface area contributed by atoms with Crippen LogP contribution in [0, 0.1) is 0 Å². The molecule has 0 bridgehead atoms. The molecule has 0 spiro atoms. The maximum Gasteiger partial charge on any atom is 0.472 e. The minimum Gasteiger partial charge on any atom is -0.462 e. The highest BCUT2D eigenvalue weighted by Gasteiger charge is 2.28. The van der Waals surface area contributed by atoms with E-state index in [1.165, 1.54) is 38.5 Å². The Morgan fingerprint density at radius 3 is 1.08 bits per heavy atom. The molecule has 432 valence electrons. The van der Waals surface area contributed by atoms with Crippen LogP contribution in [-0.4, -0.2) is 66.5 Å². The van der Waals surface area contributed by atoms with Crippen molar-refractivity contribution < 1.29 is 52.2 Å². The smallest absolute Gasteiger partial charge is 0.462 e. The lowest BCUT2D eigenvalue weighted by Crippen LogP contribution is -2.30. The average molecular weight is 1080 g/mol. The van der Waals surface area contributed by atoms with E-state index in [0.29, 0.717) is 19.3 Å². The first-order valence-electron chi connectivity index (χ1n) is 29.4. The van der Waals surface area contributed by atoms with Crippen molar-refractivity contribution in [1.29, 1.82) is 0 Å². The fourth-order valence-corrected chi connectivity index (χ4v) is 8.21. The van der Waals surface area contributed by atoms with Crippen molar-refractivity contribution in [3.8, 4) is 0 Å². The number of unbranched alkanes of at least 4 members (excludes halogenated alkanes) is 16. The molecule has 0 heterocycles. The molecule has 0 rings (SSSR count). The van der Waals surface area contributed by atoms with Crippen LogP contribution in [0.25, 0.3) is 0 Å². The summed E-state index contributed by atoms with van der Waals surface area (Å²) >= 11 is 0. The lowest BCUT2D eigenvalue weighted by Gasteiger charge is -2.21. The summed E-state index contributed by atoms with van der Waals surface area (Å²) in [6.07, 6.45) is 70.1. The topological polar surface area (TPSA) is 155 Å². The van der Waals surface area contributed by atoms with Gasteiger partial charge in [-0.3, -0.25) is 23.4 Å². The molecule has 3 unspecified atom stereocenters. The number of carbonyl (C=O) groups excluding carboxylic acids is 3. The Balaban J connectivity index is 4.83. The summed E-state index contributed by atoms with van der Waals surface area (Å²) in [5, 5.41) is 9.82. The minimum atomic E-state index is -4.78. The Morgan fingerprint density at radius 2 is 0.684 bits per heavy atom. The molecular weight excluding hydrogens is 976 g/mol. The van der Waals surface area contributed by atoms with Gasteiger partial charge in [-0.05, 0) is 128 Å². The number of carbonyl (C=O) groups is 3. The van der Waals surface area contributed by atoms with Crippen molar-refractivity contribution in [1.82, 2.24) is 0 Å². The molecule has 11 nitrogen and oxygen atoms in total. The fourth-order valence-electron chi connectivity index (χ4n) is 7.43. The zero-order chi connectivity index (χ0) is 55.5. The van der Waals surface area contributed by atoms with E-state index in [9.17, 15) is 28.9 Å². The molecule has 0 aliphatic rings. The first kappa shape index (κ1) is 71.9. The molecule has 12 heteroatoms. The zero-order valence-electron chi connectivity index (χ0n) is 47.7. The van der Waals surface area contributed by atoms with Gasteiger partial charge in [0.15, 0.2) is 6.10 Å². The monoisotopic (exact) mass is 1080 g/mol. The van der Waals surface area contributed by atoms with Crippen LogP contribution in [0.2, 0.25) is 0 Å². The first-order chi connectivity index (χ1) is 37.2. The van der Waals surface area contributed by atoms with E-state index in [4.69, 9.17) is 23.3 Å². The summed E-state index contributed by atoms with van der Waals surface area (Å²) in [7, 11) is -4.78. The van der Waals surface area contributed by atoms with E-state index >= 15 is 0 Å². The number of aliphatic hydroxyl groups excluding tert-OH is 1. The third kappa shape index (κ3) is 54.7. The van der Waals surface area contributed by atoms with Gasteiger partial charge < -0.3 is 24.2 Å². The van der Waals surface area contributed by atoms with Crippen LogP contribution in [0.3, 0.4) is 0 Å². The average Bonchev–Trinajstić information content (AvgIpc) is 3.41. The highest BCUT2D eigenvalue weighted by molar-refractivity contribution is 7.47. The molecule has 76 heavy (non-hydrogen) atoms. The molecule has 0 fully saturated rings. The van der Waals surface area contributed by atoms with Crippen LogP contribution in [0.15, 0.2) is 122 Å². The molecule has 3 atom stereocenters. The van der Waals surface area contributed by atoms with Gasteiger partial charge in [0.25, 0.3) is 0 Å². The van der Waals surface area contributed by atoms with Gasteiger partial charge >= 0.3 is 25.7 Å². The Bertz CT molecular complexity index is 1740. The first-order valence-corrected chi connectivity index (χ1v) is 30.9. The van der Waals surface area contributed by atoms with Crippen molar-refractivity contribution >= 4 is 25.7 Å². The van der Waals surface area contributed by atoms with E-state index < -0.39 is 57.8 Å². The van der Waals surface area contributed by atoms with E-state index in [-0.39, 0.29) is 25.9 Å². The largest absolute Gasteiger partial charge is 0.472 e. The number of aliphatic hydroxyl groups is 1. The lowest BCUT2D eigenvalue weighted by atomic mass is 10.1. The molecule has 0 aromatic carbocycles. The summed E-state index contributed by atoms with van der Waals surface area (Å²) in [4.78, 5) is 48.6. The van der Waals surface area contributed by atoms with Gasteiger partial charge in [-0.2, -0.15) is 0 Å². The Hall–Kier alpha value is -4.12. The molecule has 0 aliphatic heterocycles. The molecule has 0 radical (unpaired) electrons. The number of rotatable bonds is 53. The molecule has 0 aliphatic carbocycles. The Kier molecular flexibility index (Phi) is 54.0. The number of phosphoric acid groups is 1. The van der Waals surface area contributed by atoms with Crippen molar-refractivity contribution in [3.05, 3.63) is 122 Å². The van der Waals surface area contributed by atoms with E-state index in [2.05, 4.69) is 142 Å². The zero-order valence-corrected chi connectivity index (χ0v) is 48.6. The maximum absolute atomic E-state index is 12.9. The van der Waals surface area contributed by atoms with Gasteiger partial charge in [-0.25, -0.2) is 4.57 Å². The second-order valence-corrected chi connectivity index (χ2v) is 20.5. The van der Waals surface area contributed by atoms with Crippen LogP contribution in [0.1, 0.15) is 226 Å². The highest BCUT2D eigenvalue weighted by Crippen LogP contribution is 2.43. The third-order valence-corrected chi connectivity index (χ3v) is 12.8. The number of hydrogen-bond donors (Lipinski definition) is 2. The van der Waals surface area contributed by atoms with Crippen molar-refractivity contribution in [3.63, 3.8) is 0 Å². The van der Waals surface area contributed by atoms with E-state index in [1.807, 2.05) is 0 Å². The van der Waals surface area contributed by atoms with E-state index in [1.54, 1.807) is 0 Å². The van der Waals surface area contributed by atoms with Gasteiger partial charge in [0.1, 0.15) is 12.7 Å². The SMILES string of the molecule is CC/C=C\C/C=C\C/C=C\C/C=C\CCCCCCC(=O)OCC(COP(=O)(O)OCC(CO)OC(=O)CCCC/C=C\C/C=C\C/C=C\C/C=C\CC)OC(=O)CCCCCCCCC/C=C\C/C=C\CCCCC. The molecule has 0 saturated carbocycles. The second-order valence-electron chi connectivity index (χ2n) is 19.0. The van der Waals surface area contributed by atoms with E-state index in [0.717, 1.165) is 128 Å². The van der Waals surface area contributed by atoms with Crippen LogP contribution < -0.4 is 0 Å². The molecule has 2 N–H and O–H groups in total. The van der Waals surface area contributed by atoms with Gasteiger partial charge in [0, 0.05) is 19.3 Å². The predicted octanol–water partition coefficient (Wildman–Crippen LogP) is 17.6. The van der Waals surface area contributed by atoms with Crippen LogP contribution in [0.4, 0.5) is 0 Å². The van der Waals surface area contributed by atoms with Crippen LogP contribution in [0.5, 0.6) is 0 Å². The van der Waals surface area contributed by atoms with Crippen LogP contribution in [-0.2, 0) is 42.2 Å². The molecule has 0 amide bonds. The fraction of sp³-hybridized carbons (Fsp3) is 0.641. The highest BCUT2D eigenvalue weighted by atomic mass is 31.2.